The molecule has 31 heavy (non-hydrogen) atoms. The van der Waals surface area contributed by atoms with E-state index in [0.717, 1.165) is 50.6 Å². The summed E-state index contributed by atoms with van der Waals surface area (Å²) < 4.78 is 7.31. The third-order valence-electron chi connectivity index (χ3n) is 5.74. The molecule has 1 saturated heterocycles. The van der Waals surface area contributed by atoms with E-state index in [9.17, 15) is 4.79 Å². The second kappa shape index (κ2) is 10.5. The predicted octanol–water partition coefficient (Wildman–Crippen LogP) is 1.96. The Morgan fingerprint density at radius 1 is 0.968 bits per heavy atom. The van der Waals surface area contributed by atoms with E-state index in [2.05, 4.69) is 62.1 Å². The fraction of sp³-hybridized carbons (Fsp3) is 0.417. The van der Waals surface area contributed by atoms with E-state index in [-0.39, 0.29) is 5.91 Å². The van der Waals surface area contributed by atoms with Gasteiger partial charge in [0.05, 0.1) is 30.7 Å². The van der Waals surface area contributed by atoms with Crippen LogP contribution in [0.3, 0.4) is 0 Å². The number of benzene rings is 2. The molecule has 0 spiro atoms. The summed E-state index contributed by atoms with van der Waals surface area (Å²) in [5.74, 6) is 1.16. The maximum atomic E-state index is 12.0. The number of piperazine rings is 1. The molecular weight excluding hydrogens is 390 g/mol. The Balaban J connectivity index is 1.38. The molecule has 0 saturated carbocycles. The van der Waals surface area contributed by atoms with Crippen molar-refractivity contribution in [3.8, 4) is 0 Å². The quantitative estimate of drug-likeness (QED) is 0.535. The third kappa shape index (κ3) is 5.70. The van der Waals surface area contributed by atoms with Crippen LogP contribution in [0.5, 0.6) is 0 Å². The first kappa shape index (κ1) is 21.5. The van der Waals surface area contributed by atoms with E-state index in [0.29, 0.717) is 19.7 Å². The van der Waals surface area contributed by atoms with E-state index in [1.807, 2.05) is 12.1 Å². The summed E-state index contributed by atoms with van der Waals surface area (Å²) in [7, 11) is 1.64. The number of fused-ring (bicyclic) bond motifs is 1. The molecule has 1 N–H and O–H groups in total. The second-order valence-corrected chi connectivity index (χ2v) is 7.98. The van der Waals surface area contributed by atoms with Crippen LogP contribution in [-0.4, -0.2) is 78.2 Å². The number of nitrogens with one attached hydrogen (secondary N) is 1. The second-order valence-electron chi connectivity index (χ2n) is 7.98. The van der Waals surface area contributed by atoms with E-state index < -0.39 is 0 Å². The van der Waals surface area contributed by atoms with Gasteiger partial charge in [0.25, 0.3) is 0 Å². The molecule has 1 aliphatic heterocycles. The molecule has 0 aliphatic carbocycles. The van der Waals surface area contributed by atoms with Crippen LogP contribution in [-0.2, 0) is 22.6 Å². The Labute approximate surface area is 183 Å². The number of hydrogen-bond donors (Lipinski definition) is 1. The minimum absolute atomic E-state index is 0.0650. The van der Waals surface area contributed by atoms with Gasteiger partial charge in [-0.15, -0.1) is 0 Å². The van der Waals surface area contributed by atoms with Crippen LogP contribution in [0.4, 0.5) is 0 Å². The summed E-state index contributed by atoms with van der Waals surface area (Å²) in [6.45, 7) is 6.82. The van der Waals surface area contributed by atoms with E-state index in [1.54, 1.807) is 7.11 Å². The van der Waals surface area contributed by atoms with Crippen LogP contribution in [0, 0.1) is 0 Å². The van der Waals surface area contributed by atoms with E-state index >= 15 is 0 Å². The summed E-state index contributed by atoms with van der Waals surface area (Å²) in [5.41, 5.74) is 3.49. The molecular formula is C24H31N5O2. The first-order valence-corrected chi connectivity index (χ1v) is 10.9. The van der Waals surface area contributed by atoms with Crippen molar-refractivity contribution < 1.29 is 9.53 Å². The molecule has 0 atom stereocenters. The number of aromatic nitrogens is 2. The minimum atomic E-state index is 0.0650. The number of carbonyl (C=O) groups is 1. The molecule has 1 aliphatic rings. The van der Waals surface area contributed by atoms with Gasteiger partial charge in [-0.3, -0.25) is 14.6 Å². The van der Waals surface area contributed by atoms with Gasteiger partial charge < -0.3 is 14.6 Å². The van der Waals surface area contributed by atoms with Gasteiger partial charge in [0.2, 0.25) is 5.91 Å². The van der Waals surface area contributed by atoms with Gasteiger partial charge in [-0.05, 0) is 17.7 Å². The monoisotopic (exact) mass is 421 g/mol. The summed E-state index contributed by atoms with van der Waals surface area (Å²) in [4.78, 5) is 21.6. The summed E-state index contributed by atoms with van der Waals surface area (Å²) in [6, 6.07) is 18.9. The molecule has 2 aromatic carbocycles. The van der Waals surface area contributed by atoms with Crippen LogP contribution < -0.4 is 5.32 Å². The normalized spacial score (nSPS) is 15.4. The van der Waals surface area contributed by atoms with Crippen LogP contribution in [0.2, 0.25) is 0 Å². The number of ether oxygens (including phenoxy) is 1. The van der Waals surface area contributed by atoms with Gasteiger partial charge in [0.1, 0.15) is 5.82 Å². The van der Waals surface area contributed by atoms with Crippen molar-refractivity contribution in [2.24, 2.45) is 0 Å². The lowest BCUT2D eigenvalue weighted by Crippen LogP contribution is -2.49. The van der Waals surface area contributed by atoms with Crippen molar-refractivity contribution in [3.05, 3.63) is 66.0 Å². The number of imidazole rings is 1. The minimum Gasteiger partial charge on any atom is -0.383 e. The number of hydrogen-bond acceptors (Lipinski definition) is 5. The third-order valence-corrected chi connectivity index (χ3v) is 5.74. The molecule has 1 fully saturated rings. The molecule has 0 bridgehead atoms. The topological polar surface area (TPSA) is 62.6 Å². The van der Waals surface area contributed by atoms with Crippen molar-refractivity contribution in [3.63, 3.8) is 0 Å². The number of nitrogens with zero attached hydrogens (tertiary/aromatic N) is 4. The lowest BCUT2D eigenvalue weighted by molar-refractivity contribution is -0.122. The summed E-state index contributed by atoms with van der Waals surface area (Å²) >= 11 is 0. The highest BCUT2D eigenvalue weighted by atomic mass is 16.5. The lowest BCUT2D eigenvalue weighted by Gasteiger charge is -2.34. The van der Waals surface area contributed by atoms with Gasteiger partial charge in [-0.25, -0.2) is 4.98 Å². The van der Waals surface area contributed by atoms with Crippen molar-refractivity contribution in [1.82, 2.24) is 24.7 Å². The molecule has 1 amide bonds. The molecule has 7 heteroatoms. The number of rotatable bonds is 9. The van der Waals surface area contributed by atoms with Gasteiger partial charge in [0, 0.05) is 46.4 Å². The first-order chi connectivity index (χ1) is 15.2. The zero-order chi connectivity index (χ0) is 21.5. The van der Waals surface area contributed by atoms with Crippen LogP contribution in [0.25, 0.3) is 11.0 Å². The maximum Gasteiger partial charge on any atom is 0.234 e. The van der Waals surface area contributed by atoms with Gasteiger partial charge >= 0.3 is 0 Å². The average Bonchev–Trinajstić information content (AvgIpc) is 3.13. The number of para-hydroxylation sites is 2. The predicted molar refractivity (Wildman–Crippen MR) is 122 cm³/mol. The molecule has 1 aromatic heterocycles. The Kier molecular flexibility index (Phi) is 7.30. The van der Waals surface area contributed by atoms with E-state index in [4.69, 9.17) is 9.72 Å². The molecule has 4 rings (SSSR count). The summed E-state index contributed by atoms with van der Waals surface area (Å²) in [5, 5.41) is 2.89. The molecule has 0 unspecified atom stereocenters. The Morgan fingerprint density at radius 2 is 1.68 bits per heavy atom. The molecule has 2 heterocycles. The van der Waals surface area contributed by atoms with Crippen LogP contribution in [0.15, 0.2) is 54.6 Å². The smallest absolute Gasteiger partial charge is 0.234 e. The molecule has 0 radical (unpaired) electrons. The van der Waals surface area contributed by atoms with Crippen molar-refractivity contribution in [2.45, 2.75) is 13.1 Å². The first-order valence-electron chi connectivity index (χ1n) is 10.9. The molecule has 164 valence electrons. The fourth-order valence-corrected chi connectivity index (χ4v) is 4.05. The zero-order valence-corrected chi connectivity index (χ0v) is 18.2. The lowest BCUT2D eigenvalue weighted by atomic mass is 10.2. The van der Waals surface area contributed by atoms with Crippen molar-refractivity contribution in [2.75, 3.05) is 53.0 Å². The highest BCUT2D eigenvalue weighted by molar-refractivity contribution is 5.78. The average molecular weight is 422 g/mol. The standard InChI is InChI=1S/C24H31N5O2/c1-31-16-11-25-24(30)19-28-14-12-27(13-15-28)18-23-26-21-9-5-6-10-22(21)29(23)17-20-7-3-2-4-8-20/h2-10H,11-19H2,1H3,(H,25,30). The molecule has 3 aromatic rings. The Morgan fingerprint density at radius 3 is 2.45 bits per heavy atom. The van der Waals surface area contributed by atoms with Crippen LogP contribution >= 0.6 is 0 Å². The zero-order valence-electron chi connectivity index (χ0n) is 18.2. The number of carbonyl (C=O) groups excluding carboxylic acids is 1. The maximum absolute atomic E-state index is 12.0. The van der Waals surface area contributed by atoms with Gasteiger partial charge in [-0.1, -0.05) is 42.5 Å². The van der Waals surface area contributed by atoms with Gasteiger partial charge in [0.15, 0.2) is 0 Å². The largest absolute Gasteiger partial charge is 0.383 e. The molecule has 7 nitrogen and oxygen atoms in total. The van der Waals surface area contributed by atoms with Gasteiger partial charge in [-0.2, -0.15) is 0 Å². The summed E-state index contributed by atoms with van der Waals surface area (Å²) in [6.07, 6.45) is 0. The Bertz CT molecular complexity index is 980. The fourth-order valence-electron chi connectivity index (χ4n) is 4.05. The number of methoxy groups -OCH3 is 1. The SMILES string of the molecule is COCCNC(=O)CN1CCN(Cc2nc3ccccc3n2Cc2ccccc2)CC1. The van der Waals surface area contributed by atoms with Crippen molar-refractivity contribution >= 4 is 16.9 Å². The van der Waals surface area contributed by atoms with Crippen molar-refractivity contribution in [1.29, 1.82) is 0 Å². The highest BCUT2D eigenvalue weighted by Gasteiger charge is 2.21. The Hall–Kier alpha value is -2.74. The van der Waals surface area contributed by atoms with Crippen LogP contribution in [0.1, 0.15) is 11.4 Å². The van der Waals surface area contributed by atoms with E-state index in [1.165, 1.54) is 11.1 Å². The highest BCUT2D eigenvalue weighted by Crippen LogP contribution is 2.20. The number of amides is 1.